The maximum Gasteiger partial charge on any atom is 0.273 e. The highest BCUT2D eigenvalue weighted by atomic mass is 16.6. The number of benzene rings is 1. The normalized spacial score (nSPS) is 12.1. The number of anilines is 2. The van der Waals surface area contributed by atoms with Crippen LogP contribution in [0.15, 0.2) is 36.7 Å². The molecule has 0 aliphatic heterocycles. The molecule has 0 amide bonds. The van der Waals surface area contributed by atoms with E-state index in [1.165, 1.54) is 12.1 Å². The first-order chi connectivity index (χ1) is 9.04. The smallest absolute Gasteiger partial charge is 0.273 e. The van der Waals surface area contributed by atoms with Gasteiger partial charge in [-0.1, -0.05) is 0 Å². The van der Waals surface area contributed by atoms with E-state index < -0.39 is 4.92 Å². The second-order valence-electron chi connectivity index (χ2n) is 4.34. The number of nitrogens with one attached hydrogen (secondary N) is 1. The summed E-state index contributed by atoms with van der Waals surface area (Å²) in [6.07, 6.45) is 3.57. The third-order valence-corrected chi connectivity index (χ3v) is 2.58. The molecule has 0 aliphatic rings. The van der Waals surface area contributed by atoms with E-state index >= 15 is 0 Å². The molecule has 2 rings (SSSR count). The van der Waals surface area contributed by atoms with Crippen LogP contribution < -0.4 is 11.1 Å². The minimum Gasteiger partial charge on any atom is -0.398 e. The molecule has 7 nitrogen and oxygen atoms in total. The van der Waals surface area contributed by atoms with Crippen LogP contribution >= 0.6 is 0 Å². The van der Waals surface area contributed by atoms with Crippen molar-refractivity contribution in [2.24, 2.45) is 0 Å². The number of nitro groups is 1. The number of hydrogen-bond donors (Lipinski definition) is 2. The quantitative estimate of drug-likeness (QED) is 0.486. The Morgan fingerprint density at radius 1 is 1.53 bits per heavy atom. The van der Waals surface area contributed by atoms with Gasteiger partial charge < -0.3 is 11.1 Å². The number of rotatable bonds is 5. The molecule has 7 heteroatoms. The lowest BCUT2D eigenvalue weighted by molar-refractivity contribution is -0.384. The van der Waals surface area contributed by atoms with Gasteiger partial charge in [0.25, 0.3) is 5.69 Å². The summed E-state index contributed by atoms with van der Waals surface area (Å²) in [5.41, 5.74) is 6.62. The molecule has 100 valence electrons. The standard InChI is InChI=1S/C12H15N5O2/c1-9(8-16-4-2-3-14-16)15-11-5-10(13)6-12(7-11)17(18)19/h2-7,9,15H,8,13H2,1H3. The van der Waals surface area contributed by atoms with Crippen LogP contribution in [0.3, 0.4) is 0 Å². The van der Waals surface area contributed by atoms with Crippen LogP contribution in [-0.2, 0) is 6.54 Å². The highest BCUT2D eigenvalue weighted by Gasteiger charge is 2.10. The Morgan fingerprint density at radius 2 is 2.32 bits per heavy atom. The number of non-ortho nitro benzene ring substituents is 1. The zero-order valence-corrected chi connectivity index (χ0v) is 10.5. The van der Waals surface area contributed by atoms with Gasteiger partial charge in [0.15, 0.2) is 0 Å². The van der Waals surface area contributed by atoms with E-state index in [-0.39, 0.29) is 11.7 Å². The summed E-state index contributed by atoms with van der Waals surface area (Å²) in [5.74, 6) is 0. The average molecular weight is 261 g/mol. The zero-order chi connectivity index (χ0) is 13.8. The predicted octanol–water partition coefficient (Wildman–Crippen LogP) is 1.87. The van der Waals surface area contributed by atoms with Gasteiger partial charge in [0.1, 0.15) is 0 Å². The van der Waals surface area contributed by atoms with Gasteiger partial charge in [-0.25, -0.2) is 0 Å². The van der Waals surface area contributed by atoms with Gasteiger partial charge in [0.05, 0.1) is 11.5 Å². The molecule has 0 aliphatic carbocycles. The Labute approximate surface area is 110 Å². The molecule has 1 heterocycles. The monoisotopic (exact) mass is 261 g/mol. The van der Waals surface area contributed by atoms with Crippen LogP contribution in [0.2, 0.25) is 0 Å². The van der Waals surface area contributed by atoms with Crippen molar-refractivity contribution in [2.75, 3.05) is 11.1 Å². The first-order valence-corrected chi connectivity index (χ1v) is 5.83. The fraction of sp³-hybridized carbons (Fsp3) is 0.250. The Hall–Kier alpha value is -2.57. The van der Waals surface area contributed by atoms with Crippen LogP contribution in [0.25, 0.3) is 0 Å². The van der Waals surface area contributed by atoms with Gasteiger partial charge in [-0.2, -0.15) is 5.10 Å². The summed E-state index contributed by atoms with van der Waals surface area (Å²) >= 11 is 0. The summed E-state index contributed by atoms with van der Waals surface area (Å²) in [4.78, 5) is 10.3. The third kappa shape index (κ3) is 3.44. The molecular weight excluding hydrogens is 246 g/mol. The Kier molecular flexibility index (Phi) is 3.65. The molecule has 1 atom stereocenters. The number of nitro benzene ring substituents is 1. The summed E-state index contributed by atoms with van der Waals surface area (Å²) < 4.78 is 1.79. The zero-order valence-electron chi connectivity index (χ0n) is 10.5. The van der Waals surface area contributed by atoms with Gasteiger partial charge in [-0.15, -0.1) is 0 Å². The van der Waals surface area contributed by atoms with Gasteiger partial charge in [-0.3, -0.25) is 14.8 Å². The highest BCUT2D eigenvalue weighted by Crippen LogP contribution is 2.22. The molecular formula is C12H15N5O2. The van der Waals surface area contributed by atoms with E-state index in [1.54, 1.807) is 16.9 Å². The average Bonchev–Trinajstić information content (AvgIpc) is 2.80. The van der Waals surface area contributed by atoms with E-state index in [4.69, 9.17) is 5.73 Å². The van der Waals surface area contributed by atoms with Gasteiger partial charge in [0.2, 0.25) is 0 Å². The molecule has 3 N–H and O–H groups in total. The number of nitrogen functional groups attached to an aromatic ring is 1. The molecule has 0 saturated carbocycles. The molecule has 1 aromatic heterocycles. The van der Waals surface area contributed by atoms with E-state index in [0.29, 0.717) is 17.9 Å². The van der Waals surface area contributed by atoms with E-state index in [0.717, 1.165) is 0 Å². The maximum atomic E-state index is 10.8. The Balaban J connectivity index is 2.08. The first-order valence-electron chi connectivity index (χ1n) is 5.83. The van der Waals surface area contributed by atoms with E-state index in [9.17, 15) is 10.1 Å². The summed E-state index contributed by atoms with van der Waals surface area (Å²) in [6, 6.07) is 6.39. The maximum absolute atomic E-state index is 10.8. The minimum absolute atomic E-state index is 0.0196. The van der Waals surface area contributed by atoms with Crippen molar-refractivity contribution >= 4 is 17.1 Å². The number of aromatic nitrogens is 2. The molecule has 19 heavy (non-hydrogen) atoms. The van der Waals surface area contributed by atoms with Crippen molar-refractivity contribution in [1.29, 1.82) is 0 Å². The molecule has 0 bridgehead atoms. The van der Waals surface area contributed by atoms with Crippen LogP contribution in [0.5, 0.6) is 0 Å². The van der Waals surface area contributed by atoms with Crippen LogP contribution in [0, 0.1) is 10.1 Å². The van der Waals surface area contributed by atoms with Crippen molar-refractivity contribution in [2.45, 2.75) is 19.5 Å². The number of hydrogen-bond acceptors (Lipinski definition) is 5. The fourth-order valence-electron chi connectivity index (χ4n) is 1.84. The lowest BCUT2D eigenvalue weighted by Gasteiger charge is -2.15. The van der Waals surface area contributed by atoms with Gasteiger partial charge in [-0.05, 0) is 19.1 Å². The van der Waals surface area contributed by atoms with Gasteiger partial charge in [0, 0.05) is 41.9 Å². The highest BCUT2D eigenvalue weighted by molar-refractivity contribution is 5.61. The van der Waals surface area contributed by atoms with Crippen molar-refractivity contribution in [1.82, 2.24) is 9.78 Å². The SMILES string of the molecule is CC(Cn1cccn1)Nc1cc(N)cc([N+](=O)[O-])c1. The molecule has 0 fully saturated rings. The minimum atomic E-state index is -0.459. The summed E-state index contributed by atoms with van der Waals surface area (Å²) in [6.45, 7) is 2.63. The molecule has 2 aromatic rings. The Bertz CT molecular complexity index is 568. The van der Waals surface area contributed by atoms with Crippen LogP contribution in [0.4, 0.5) is 17.1 Å². The van der Waals surface area contributed by atoms with Crippen LogP contribution in [-0.4, -0.2) is 20.7 Å². The number of nitrogens with zero attached hydrogens (tertiary/aromatic N) is 3. The fourth-order valence-corrected chi connectivity index (χ4v) is 1.84. The lowest BCUT2D eigenvalue weighted by Crippen LogP contribution is -2.22. The molecule has 1 aromatic carbocycles. The third-order valence-electron chi connectivity index (χ3n) is 2.58. The molecule has 0 saturated heterocycles. The van der Waals surface area contributed by atoms with Crippen molar-refractivity contribution in [3.63, 3.8) is 0 Å². The largest absolute Gasteiger partial charge is 0.398 e. The Morgan fingerprint density at radius 3 is 2.95 bits per heavy atom. The van der Waals surface area contributed by atoms with Gasteiger partial charge >= 0.3 is 0 Å². The summed E-state index contributed by atoms with van der Waals surface area (Å²) in [5, 5.41) is 18.0. The lowest BCUT2D eigenvalue weighted by atomic mass is 10.2. The topological polar surface area (TPSA) is 99.0 Å². The van der Waals surface area contributed by atoms with Crippen molar-refractivity contribution in [3.05, 3.63) is 46.8 Å². The molecule has 0 radical (unpaired) electrons. The molecule has 0 spiro atoms. The second-order valence-corrected chi connectivity index (χ2v) is 4.34. The van der Waals surface area contributed by atoms with E-state index in [1.807, 2.05) is 19.2 Å². The molecule has 1 unspecified atom stereocenters. The van der Waals surface area contributed by atoms with Crippen molar-refractivity contribution in [3.8, 4) is 0 Å². The number of nitrogens with two attached hydrogens (primary N) is 1. The van der Waals surface area contributed by atoms with Crippen LogP contribution in [0.1, 0.15) is 6.92 Å². The van der Waals surface area contributed by atoms with E-state index in [2.05, 4.69) is 10.4 Å². The van der Waals surface area contributed by atoms with Crippen molar-refractivity contribution < 1.29 is 4.92 Å². The first kappa shape index (κ1) is 12.9. The summed E-state index contributed by atoms with van der Waals surface area (Å²) in [7, 11) is 0. The predicted molar refractivity (Wildman–Crippen MR) is 72.8 cm³/mol. The second kappa shape index (κ2) is 5.38.